The summed E-state index contributed by atoms with van der Waals surface area (Å²) in [4.78, 5) is 27.7. The molecule has 0 N–H and O–H groups in total. The quantitative estimate of drug-likeness (QED) is 0.345. The lowest BCUT2D eigenvalue weighted by Gasteiger charge is -2.12. The average molecular weight is 417 g/mol. The van der Waals surface area contributed by atoms with Gasteiger partial charge in [-0.25, -0.2) is 4.98 Å². The Balaban J connectivity index is 1.68. The van der Waals surface area contributed by atoms with Crippen molar-refractivity contribution in [1.29, 1.82) is 0 Å². The molecule has 8 heteroatoms. The molecule has 31 heavy (non-hydrogen) atoms. The third kappa shape index (κ3) is 4.23. The SMILES string of the molecule is COc1ccc(-c2cc([N+](=O)[O-])ccc2OCc2cc(=O)n3cc(C)ccc3n2)cc1. The van der Waals surface area contributed by atoms with Gasteiger partial charge in [-0.1, -0.05) is 18.2 Å². The number of non-ortho nitro benzene ring substituents is 1. The maximum absolute atomic E-state index is 12.4. The van der Waals surface area contributed by atoms with Crippen LogP contribution in [0.3, 0.4) is 0 Å². The van der Waals surface area contributed by atoms with Crippen molar-refractivity contribution >= 4 is 11.3 Å². The molecule has 0 amide bonds. The number of nitrogens with zero attached hydrogens (tertiary/aromatic N) is 3. The van der Waals surface area contributed by atoms with E-state index in [0.29, 0.717) is 28.4 Å². The lowest BCUT2D eigenvalue weighted by Crippen LogP contribution is -2.16. The van der Waals surface area contributed by atoms with E-state index in [9.17, 15) is 14.9 Å². The van der Waals surface area contributed by atoms with Gasteiger partial charge in [0, 0.05) is 30.0 Å². The van der Waals surface area contributed by atoms with Gasteiger partial charge in [0.25, 0.3) is 11.2 Å². The van der Waals surface area contributed by atoms with Crippen LogP contribution in [0.1, 0.15) is 11.3 Å². The maximum atomic E-state index is 12.4. The Kier molecular flexibility index (Phi) is 5.36. The summed E-state index contributed by atoms with van der Waals surface area (Å²) in [5.74, 6) is 1.12. The minimum atomic E-state index is -0.454. The molecule has 2 aromatic heterocycles. The van der Waals surface area contributed by atoms with Gasteiger partial charge < -0.3 is 9.47 Å². The van der Waals surface area contributed by atoms with Crippen LogP contribution in [0.15, 0.2) is 71.7 Å². The van der Waals surface area contributed by atoms with Crippen LogP contribution in [0.4, 0.5) is 5.69 Å². The predicted molar refractivity (Wildman–Crippen MR) is 116 cm³/mol. The number of aromatic nitrogens is 2. The van der Waals surface area contributed by atoms with Gasteiger partial charge in [0.05, 0.1) is 17.7 Å². The van der Waals surface area contributed by atoms with Crippen LogP contribution in [0.5, 0.6) is 11.5 Å². The molecular formula is C23H19N3O5. The van der Waals surface area contributed by atoms with Crippen molar-refractivity contribution in [1.82, 2.24) is 9.38 Å². The molecule has 0 radical (unpaired) electrons. The van der Waals surface area contributed by atoms with E-state index < -0.39 is 4.92 Å². The van der Waals surface area contributed by atoms with Gasteiger partial charge in [0.1, 0.15) is 23.8 Å². The zero-order chi connectivity index (χ0) is 22.0. The number of methoxy groups -OCH3 is 1. The highest BCUT2D eigenvalue weighted by Gasteiger charge is 2.14. The Bertz CT molecular complexity index is 1330. The van der Waals surface area contributed by atoms with Crippen molar-refractivity contribution in [3.63, 3.8) is 0 Å². The highest BCUT2D eigenvalue weighted by atomic mass is 16.6. The molecule has 0 bridgehead atoms. The monoisotopic (exact) mass is 417 g/mol. The highest BCUT2D eigenvalue weighted by molar-refractivity contribution is 5.73. The highest BCUT2D eigenvalue weighted by Crippen LogP contribution is 2.34. The fourth-order valence-electron chi connectivity index (χ4n) is 3.24. The number of nitro groups is 1. The summed E-state index contributed by atoms with van der Waals surface area (Å²) < 4.78 is 12.6. The number of hydrogen-bond acceptors (Lipinski definition) is 6. The Morgan fingerprint density at radius 3 is 2.55 bits per heavy atom. The zero-order valence-electron chi connectivity index (χ0n) is 16.9. The summed E-state index contributed by atoms with van der Waals surface area (Å²) in [6.07, 6.45) is 1.73. The molecule has 0 fully saturated rings. The summed E-state index contributed by atoms with van der Waals surface area (Å²) in [6.45, 7) is 1.94. The standard InChI is InChI=1S/C23H19N3O5/c1-15-3-10-22-24-17(11-23(27)25(22)13-15)14-31-21-9-6-18(26(28)29)12-20(21)16-4-7-19(30-2)8-5-16/h3-13H,14H2,1-2H3. The van der Waals surface area contributed by atoms with Gasteiger partial charge in [0.2, 0.25) is 0 Å². The van der Waals surface area contributed by atoms with Crippen LogP contribution in [-0.4, -0.2) is 21.4 Å². The molecule has 2 aromatic carbocycles. The number of aryl methyl sites for hydroxylation is 1. The molecule has 4 rings (SSSR count). The number of fused-ring (bicyclic) bond motifs is 1. The summed E-state index contributed by atoms with van der Waals surface area (Å²) in [5.41, 5.74) is 2.99. The second-order valence-corrected chi connectivity index (χ2v) is 6.98. The number of pyridine rings is 1. The Hall–Kier alpha value is -4.20. The minimum Gasteiger partial charge on any atom is -0.497 e. The van der Waals surface area contributed by atoms with Crippen molar-refractivity contribution in [3.8, 4) is 22.6 Å². The van der Waals surface area contributed by atoms with E-state index >= 15 is 0 Å². The van der Waals surface area contributed by atoms with Gasteiger partial charge in [-0.3, -0.25) is 19.3 Å². The van der Waals surface area contributed by atoms with Crippen LogP contribution in [0.2, 0.25) is 0 Å². The molecule has 156 valence electrons. The first-order valence-corrected chi connectivity index (χ1v) is 9.49. The Morgan fingerprint density at radius 2 is 1.84 bits per heavy atom. The first-order valence-electron chi connectivity index (χ1n) is 9.49. The number of rotatable bonds is 6. The largest absolute Gasteiger partial charge is 0.497 e. The number of hydrogen-bond donors (Lipinski definition) is 0. The number of benzene rings is 2. The van der Waals surface area contributed by atoms with Gasteiger partial charge in [-0.2, -0.15) is 0 Å². The van der Waals surface area contributed by atoms with Crippen LogP contribution in [-0.2, 0) is 6.61 Å². The molecule has 0 aliphatic carbocycles. The van der Waals surface area contributed by atoms with Crippen molar-refractivity contribution in [3.05, 3.63) is 98.6 Å². The van der Waals surface area contributed by atoms with Crippen LogP contribution in [0, 0.1) is 17.0 Å². The van der Waals surface area contributed by atoms with Gasteiger partial charge in [-0.15, -0.1) is 0 Å². The predicted octanol–water partition coefficient (Wildman–Crippen LogP) is 4.17. The third-order valence-corrected chi connectivity index (χ3v) is 4.81. The van der Waals surface area contributed by atoms with E-state index in [4.69, 9.17) is 9.47 Å². The molecule has 0 saturated carbocycles. The first kappa shape index (κ1) is 20.1. The Labute approximate surface area is 177 Å². The molecule has 0 aliphatic rings. The van der Waals surface area contributed by atoms with Crippen LogP contribution < -0.4 is 15.0 Å². The average Bonchev–Trinajstić information content (AvgIpc) is 2.78. The second kappa shape index (κ2) is 8.27. The summed E-state index contributed by atoms with van der Waals surface area (Å²) in [7, 11) is 1.57. The van der Waals surface area contributed by atoms with E-state index in [1.165, 1.54) is 22.6 Å². The smallest absolute Gasteiger partial charge is 0.270 e. The van der Waals surface area contributed by atoms with Crippen molar-refractivity contribution < 1.29 is 14.4 Å². The van der Waals surface area contributed by atoms with E-state index in [0.717, 1.165) is 11.1 Å². The second-order valence-electron chi connectivity index (χ2n) is 6.98. The van der Waals surface area contributed by atoms with Crippen LogP contribution in [0.25, 0.3) is 16.8 Å². The summed E-state index contributed by atoms with van der Waals surface area (Å²) in [5, 5.41) is 11.3. The van der Waals surface area contributed by atoms with E-state index in [-0.39, 0.29) is 17.9 Å². The minimum absolute atomic E-state index is 0.0422. The summed E-state index contributed by atoms with van der Waals surface area (Å²) >= 11 is 0. The topological polar surface area (TPSA) is 96.0 Å². The third-order valence-electron chi connectivity index (χ3n) is 4.81. The molecular weight excluding hydrogens is 398 g/mol. The molecule has 0 atom stereocenters. The van der Waals surface area contributed by atoms with Crippen molar-refractivity contribution in [2.75, 3.05) is 7.11 Å². The molecule has 0 unspecified atom stereocenters. The van der Waals surface area contributed by atoms with Crippen molar-refractivity contribution in [2.24, 2.45) is 0 Å². The molecule has 0 aliphatic heterocycles. The molecule has 0 spiro atoms. The van der Waals surface area contributed by atoms with E-state index in [2.05, 4.69) is 4.98 Å². The van der Waals surface area contributed by atoms with Gasteiger partial charge >= 0.3 is 0 Å². The Morgan fingerprint density at radius 1 is 1.06 bits per heavy atom. The molecule has 8 nitrogen and oxygen atoms in total. The van der Waals surface area contributed by atoms with Gasteiger partial charge in [0.15, 0.2) is 0 Å². The van der Waals surface area contributed by atoms with E-state index in [1.54, 1.807) is 49.7 Å². The van der Waals surface area contributed by atoms with Crippen LogP contribution >= 0.6 is 0 Å². The van der Waals surface area contributed by atoms with Crippen molar-refractivity contribution in [2.45, 2.75) is 13.5 Å². The first-order chi connectivity index (χ1) is 14.9. The summed E-state index contributed by atoms with van der Waals surface area (Å²) in [6, 6.07) is 16.6. The fraction of sp³-hybridized carbons (Fsp3) is 0.130. The lowest BCUT2D eigenvalue weighted by molar-refractivity contribution is -0.384. The number of nitro benzene ring substituents is 1. The lowest BCUT2D eigenvalue weighted by atomic mass is 10.0. The maximum Gasteiger partial charge on any atom is 0.270 e. The zero-order valence-corrected chi connectivity index (χ0v) is 16.9. The normalized spacial score (nSPS) is 10.8. The molecule has 0 saturated heterocycles. The van der Waals surface area contributed by atoms with Gasteiger partial charge in [-0.05, 0) is 42.3 Å². The number of ether oxygens (including phenoxy) is 2. The fourth-order valence-corrected chi connectivity index (χ4v) is 3.24. The molecule has 4 aromatic rings. The van der Waals surface area contributed by atoms with E-state index in [1.807, 2.05) is 13.0 Å². The molecule has 2 heterocycles.